The van der Waals surface area contributed by atoms with Crippen molar-refractivity contribution in [2.75, 3.05) is 31.7 Å². The van der Waals surface area contributed by atoms with E-state index in [9.17, 15) is 15.2 Å². The summed E-state index contributed by atoms with van der Waals surface area (Å²) in [5.41, 5.74) is 0.140. The Kier molecular flexibility index (Phi) is 3.84. The monoisotopic (exact) mass is 316 g/mol. The molecule has 1 aromatic carbocycles. The molecule has 6 nitrogen and oxygen atoms in total. The molecule has 7 heteroatoms. The van der Waals surface area contributed by atoms with Crippen LogP contribution in [0.5, 0.6) is 0 Å². The highest BCUT2D eigenvalue weighted by Crippen LogP contribution is 2.31. The molecule has 0 atom stereocenters. The highest BCUT2D eigenvalue weighted by Gasteiger charge is 2.38. The lowest BCUT2D eigenvalue weighted by Crippen LogP contribution is -2.50. The van der Waals surface area contributed by atoms with E-state index < -0.39 is 4.92 Å². The second-order valence-electron chi connectivity index (χ2n) is 4.42. The maximum Gasteiger partial charge on any atom is 0.293 e. The van der Waals surface area contributed by atoms with Gasteiger partial charge in [-0.3, -0.25) is 10.1 Å². The van der Waals surface area contributed by atoms with Crippen LogP contribution in [0.1, 0.15) is 0 Å². The van der Waals surface area contributed by atoms with Gasteiger partial charge in [0.05, 0.1) is 30.2 Å². The molecule has 18 heavy (non-hydrogen) atoms. The average Bonchev–Trinajstić information content (AvgIpc) is 2.29. The van der Waals surface area contributed by atoms with Crippen LogP contribution >= 0.6 is 15.9 Å². The Bertz CT molecular complexity index is 457. The summed E-state index contributed by atoms with van der Waals surface area (Å²) in [5.74, 6) is 0. The summed E-state index contributed by atoms with van der Waals surface area (Å²) < 4.78 is 5.73. The van der Waals surface area contributed by atoms with Gasteiger partial charge in [-0.15, -0.1) is 0 Å². The normalized spacial score (nSPS) is 17.0. The van der Waals surface area contributed by atoms with Crippen molar-refractivity contribution in [1.82, 2.24) is 0 Å². The van der Waals surface area contributed by atoms with E-state index in [1.54, 1.807) is 12.1 Å². The van der Waals surface area contributed by atoms with Crippen LogP contribution in [-0.2, 0) is 4.74 Å². The highest BCUT2D eigenvalue weighted by molar-refractivity contribution is 9.10. The summed E-state index contributed by atoms with van der Waals surface area (Å²) >= 11 is 3.20. The molecule has 0 aromatic heterocycles. The molecule has 1 aromatic rings. The fraction of sp³-hybridized carbons (Fsp3) is 0.455. The zero-order valence-electron chi connectivity index (χ0n) is 9.56. The first-order valence-electron chi connectivity index (χ1n) is 5.43. The molecule has 2 rings (SSSR count). The third kappa shape index (κ3) is 2.63. The van der Waals surface area contributed by atoms with E-state index >= 15 is 0 Å². The first-order chi connectivity index (χ1) is 8.56. The predicted molar refractivity (Wildman–Crippen MR) is 69.6 cm³/mol. The van der Waals surface area contributed by atoms with Crippen LogP contribution in [-0.4, -0.2) is 36.4 Å². The lowest BCUT2D eigenvalue weighted by atomic mass is 9.87. The zero-order valence-corrected chi connectivity index (χ0v) is 11.1. The molecule has 0 saturated carbocycles. The molecule has 1 aliphatic rings. The Morgan fingerprint density at radius 2 is 2.28 bits per heavy atom. The lowest BCUT2D eigenvalue weighted by Gasteiger charge is -2.40. The van der Waals surface area contributed by atoms with E-state index in [2.05, 4.69) is 21.2 Å². The van der Waals surface area contributed by atoms with Crippen molar-refractivity contribution in [3.05, 3.63) is 32.8 Å². The van der Waals surface area contributed by atoms with Crippen molar-refractivity contribution >= 4 is 27.3 Å². The molecule has 1 heterocycles. The molecule has 0 radical (unpaired) electrons. The molecule has 0 unspecified atom stereocenters. The third-order valence-corrected chi connectivity index (χ3v) is 3.46. The Morgan fingerprint density at radius 3 is 2.78 bits per heavy atom. The number of nitrogens with one attached hydrogen (secondary N) is 1. The summed E-state index contributed by atoms with van der Waals surface area (Å²) in [6.07, 6.45) is 0. The van der Waals surface area contributed by atoms with Crippen LogP contribution in [0.2, 0.25) is 0 Å². The minimum Gasteiger partial charge on any atom is -0.396 e. The van der Waals surface area contributed by atoms with Gasteiger partial charge in [-0.2, -0.15) is 0 Å². The fourth-order valence-electron chi connectivity index (χ4n) is 1.73. The van der Waals surface area contributed by atoms with E-state index in [1.165, 1.54) is 6.07 Å². The van der Waals surface area contributed by atoms with Gasteiger partial charge in [0.25, 0.3) is 5.69 Å². The third-order valence-electron chi connectivity index (χ3n) is 2.96. The standard InChI is InChI=1S/C11H13BrN2O4/c12-8-1-2-9(10(3-8)14(16)17)13-4-11(5-15)6-18-7-11/h1-3,13,15H,4-7H2. The van der Waals surface area contributed by atoms with Gasteiger partial charge in [0.1, 0.15) is 5.69 Å². The van der Waals surface area contributed by atoms with Crippen LogP contribution in [0.3, 0.4) is 0 Å². The molecule has 1 aliphatic heterocycles. The Morgan fingerprint density at radius 1 is 1.56 bits per heavy atom. The predicted octanol–water partition coefficient (Wildman–Crippen LogP) is 1.78. The molecular formula is C11H13BrN2O4. The molecule has 0 aliphatic carbocycles. The second kappa shape index (κ2) is 5.21. The number of aliphatic hydroxyl groups excluding tert-OH is 1. The second-order valence-corrected chi connectivity index (χ2v) is 5.34. The van der Waals surface area contributed by atoms with Gasteiger partial charge >= 0.3 is 0 Å². The molecule has 2 N–H and O–H groups in total. The van der Waals surface area contributed by atoms with Crippen molar-refractivity contribution in [2.24, 2.45) is 5.41 Å². The number of nitro benzene ring substituents is 1. The number of benzene rings is 1. The topological polar surface area (TPSA) is 84.6 Å². The van der Waals surface area contributed by atoms with E-state index in [1.807, 2.05) is 0 Å². The first kappa shape index (κ1) is 13.3. The fourth-order valence-corrected chi connectivity index (χ4v) is 2.08. The van der Waals surface area contributed by atoms with Crippen LogP contribution < -0.4 is 5.32 Å². The number of hydrogen-bond donors (Lipinski definition) is 2. The number of aliphatic hydroxyl groups is 1. The Balaban J connectivity index is 2.11. The molecule has 0 amide bonds. The first-order valence-corrected chi connectivity index (χ1v) is 6.22. The quantitative estimate of drug-likeness (QED) is 0.639. The summed E-state index contributed by atoms with van der Waals surface area (Å²) in [6.45, 7) is 1.40. The van der Waals surface area contributed by atoms with E-state index in [0.717, 1.165) is 0 Å². The van der Waals surface area contributed by atoms with Gasteiger partial charge in [0, 0.05) is 17.1 Å². The summed E-state index contributed by atoms with van der Waals surface area (Å²) in [4.78, 5) is 10.5. The van der Waals surface area contributed by atoms with Gasteiger partial charge in [0.2, 0.25) is 0 Å². The van der Waals surface area contributed by atoms with Crippen molar-refractivity contribution in [3.8, 4) is 0 Å². The SMILES string of the molecule is O=[N+]([O-])c1cc(Br)ccc1NCC1(CO)COC1. The average molecular weight is 317 g/mol. The highest BCUT2D eigenvalue weighted by atomic mass is 79.9. The van der Waals surface area contributed by atoms with Gasteiger partial charge < -0.3 is 15.2 Å². The lowest BCUT2D eigenvalue weighted by molar-refractivity contribution is -0.384. The molecular weight excluding hydrogens is 304 g/mol. The number of nitro groups is 1. The van der Waals surface area contributed by atoms with Gasteiger partial charge in [-0.25, -0.2) is 0 Å². The minimum absolute atomic E-state index is 0.00429. The van der Waals surface area contributed by atoms with E-state index in [4.69, 9.17) is 4.74 Å². The molecule has 1 saturated heterocycles. The van der Waals surface area contributed by atoms with Gasteiger partial charge in [-0.1, -0.05) is 15.9 Å². The summed E-state index contributed by atoms with van der Waals surface area (Å²) in [6, 6.07) is 4.83. The largest absolute Gasteiger partial charge is 0.396 e. The number of hydrogen-bond acceptors (Lipinski definition) is 5. The molecule has 1 fully saturated rings. The van der Waals surface area contributed by atoms with Crippen LogP contribution in [0.15, 0.2) is 22.7 Å². The maximum atomic E-state index is 10.9. The Labute approximate surface area is 112 Å². The number of anilines is 1. The van der Waals surface area contributed by atoms with E-state index in [0.29, 0.717) is 29.9 Å². The zero-order chi connectivity index (χ0) is 13.2. The van der Waals surface area contributed by atoms with Crippen LogP contribution in [0.25, 0.3) is 0 Å². The molecule has 0 bridgehead atoms. The number of rotatable bonds is 5. The number of nitrogens with zero attached hydrogens (tertiary/aromatic N) is 1. The van der Waals surface area contributed by atoms with Crippen LogP contribution in [0, 0.1) is 15.5 Å². The molecule has 98 valence electrons. The number of ether oxygens (including phenoxy) is 1. The van der Waals surface area contributed by atoms with Crippen molar-refractivity contribution < 1.29 is 14.8 Å². The van der Waals surface area contributed by atoms with Gasteiger partial charge in [0.15, 0.2) is 0 Å². The number of halogens is 1. The summed E-state index contributed by atoms with van der Waals surface area (Å²) in [7, 11) is 0. The maximum absolute atomic E-state index is 10.9. The molecule has 0 spiro atoms. The smallest absolute Gasteiger partial charge is 0.293 e. The van der Waals surface area contributed by atoms with E-state index in [-0.39, 0.29) is 17.7 Å². The minimum atomic E-state index is -0.435. The van der Waals surface area contributed by atoms with Crippen molar-refractivity contribution in [1.29, 1.82) is 0 Å². The van der Waals surface area contributed by atoms with Gasteiger partial charge in [-0.05, 0) is 12.1 Å². The van der Waals surface area contributed by atoms with Crippen molar-refractivity contribution in [2.45, 2.75) is 0 Å². The summed E-state index contributed by atoms with van der Waals surface area (Å²) in [5, 5.41) is 23.2. The van der Waals surface area contributed by atoms with Crippen LogP contribution in [0.4, 0.5) is 11.4 Å². The van der Waals surface area contributed by atoms with Crippen molar-refractivity contribution in [3.63, 3.8) is 0 Å². The Hall–Kier alpha value is -1.18.